The first-order chi connectivity index (χ1) is 44.6. The van der Waals surface area contributed by atoms with Crippen molar-refractivity contribution in [3.05, 3.63) is 134 Å². The summed E-state index contributed by atoms with van der Waals surface area (Å²) in [7, 11) is 5.92. The molecule has 0 saturated heterocycles. The van der Waals surface area contributed by atoms with E-state index in [4.69, 9.17) is 18.9 Å². The zero-order valence-electron chi connectivity index (χ0n) is 59.4. The van der Waals surface area contributed by atoms with Gasteiger partial charge in [0.2, 0.25) is 0 Å². The van der Waals surface area contributed by atoms with Crippen LogP contribution in [0.4, 0.5) is 0 Å². The number of ether oxygens (including phenoxy) is 4. The normalized spacial score (nSPS) is 13.5. The van der Waals surface area contributed by atoms with Crippen LogP contribution < -0.4 is 5.11 Å². The first-order valence-electron chi connectivity index (χ1n) is 37.3. The van der Waals surface area contributed by atoms with Crippen molar-refractivity contribution in [3.8, 4) is 0 Å². The fourth-order valence-electron chi connectivity index (χ4n) is 10.2. The van der Waals surface area contributed by atoms with Crippen molar-refractivity contribution in [2.24, 2.45) is 0 Å². The summed E-state index contributed by atoms with van der Waals surface area (Å²) in [5, 5.41) is 11.8. The first kappa shape index (κ1) is 86.4. The molecule has 0 fully saturated rings. The van der Waals surface area contributed by atoms with Crippen molar-refractivity contribution < 1.29 is 42.9 Å². The van der Waals surface area contributed by atoms with Crippen LogP contribution in [0.25, 0.3) is 0 Å². The SMILES string of the molecule is CC/C=C\C/C=C\C/C=C\C/C=C\C/C=C\C/C=C\C/C=C\C/C=C\C/C=C\C/C=C\CCCCCCCCC(=O)OC(COC(=O)CCCCCCCCCCCCCCCCCCC/C=C\CCCCCCCCCC)COC(OCC[N+](C)(C)C)C(=O)[O-]. The molecule has 0 radical (unpaired) electrons. The molecule has 0 aromatic rings. The molecule has 0 N–H and O–H groups in total. The van der Waals surface area contributed by atoms with E-state index in [1.54, 1.807) is 0 Å². The maximum Gasteiger partial charge on any atom is 0.306 e. The topological polar surface area (TPSA) is 111 Å². The summed E-state index contributed by atoms with van der Waals surface area (Å²) < 4.78 is 22.8. The Labute approximate surface area is 560 Å². The van der Waals surface area contributed by atoms with Gasteiger partial charge in [-0.25, -0.2) is 0 Å². The number of nitrogens with zero attached hydrogens (tertiary/aromatic N) is 1. The maximum absolute atomic E-state index is 12.9. The standard InChI is InChI=1S/C82H139NO8/c1-6-8-10-12-14-16-18-20-22-24-26-28-30-32-34-36-37-38-39-40-41-42-43-45-47-49-51-53-55-57-59-61-63-65-67-69-71-73-80(85)91-78(77-90-82(81(86)87)88-75-74-83(3,4)5)76-89-79(84)72-70-68-66-64-62-60-58-56-54-52-50-48-46-44-35-33-31-29-27-25-23-21-19-17-15-13-11-9-7-2/h8,10,14,16,20,22,25-28,32,34,37-38,40-41,43,45,49,51,55,57,78,82H,6-7,9,11-13,15,17-19,21,23-24,29-31,33,35-36,39,42,44,46-48,50,52-54,56,58-77H2,1-5H3/b10-8-,16-14-,22-20-,27-25-,28-26-,34-32-,38-37-,41-40-,45-43-,51-49-,57-55-. The van der Waals surface area contributed by atoms with E-state index in [-0.39, 0.29) is 38.6 Å². The summed E-state index contributed by atoms with van der Waals surface area (Å²) in [6.45, 7) is 4.64. The molecule has 0 bridgehead atoms. The van der Waals surface area contributed by atoms with Crippen molar-refractivity contribution >= 4 is 17.9 Å². The maximum atomic E-state index is 12.9. The van der Waals surface area contributed by atoms with Crippen molar-refractivity contribution in [1.82, 2.24) is 0 Å². The lowest BCUT2D eigenvalue weighted by Crippen LogP contribution is -2.44. The number of allylic oxidation sites excluding steroid dienone is 22. The Balaban J connectivity index is 4.17. The average molecular weight is 1270 g/mol. The number of carboxylic acids is 1. The number of esters is 2. The van der Waals surface area contributed by atoms with Gasteiger partial charge in [0, 0.05) is 12.8 Å². The molecule has 0 aliphatic rings. The minimum atomic E-state index is -1.63. The van der Waals surface area contributed by atoms with Crippen LogP contribution in [0.15, 0.2) is 134 Å². The Hall–Kier alpha value is -4.57. The molecule has 0 aromatic carbocycles. The number of hydrogen-bond donors (Lipinski definition) is 0. The molecule has 0 aliphatic carbocycles. The van der Waals surface area contributed by atoms with Crippen LogP contribution >= 0.6 is 0 Å². The van der Waals surface area contributed by atoms with Crippen LogP contribution in [0.3, 0.4) is 0 Å². The fraction of sp³-hybridized carbons (Fsp3) is 0.695. The summed E-state index contributed by atoms with van der Waals surface area (Å²) >= 11 is 0. The van der Waals surface area contributed by atoms with E-state index in [1.807, 2.05) is 21.1 Å². The van der Waals surface area contributed by atoms with Gasteiger partial charge in [-0.15, -0.1) is 0 Å². The number of hydrogen-bond acceptors (Lipinski definition) is 8. The molecule has 2 unspecified atom stereocenters. The highest BCUT2D eigenvalue weighted by molar-refractivity contribution is 5.70. The number of unbranched alkanes of at least 4 members (excludes halogenated alkanes) is 31. The van der Waals surface area contributed by atoms with E-state index >= 15 is 0 Å². The molecule has 2 atom stereocenters. The first-order valence-corrected chi connectivity index (χ1v) is 37.3. The number of aliphatic carboxylic acids is 1. The van der Waals surface area contributed by atoms with Gasteiger partial charge in [-0.1, -0.05) is 314 Å². The molecule has 0 aromatic heterocycles. The number of rotatable bonds is 68. The number of likely N-dealkylation sites (N-methyl/N-ethyl adjacent to an activating group) is 1. The monoisotopic (exact) mass is 1270 g/mol. The Morgan fingerprint density at radius 2 is 0.626 bits per heavy atom. The summed E-state index contributed by atoms with van der Waals surface area (Å²) in [6.07, 6.45) is 99.7. The Morgan fingerprint density at radius 1 is 0.341 bits per heavy atom. The Kier molecular flexibility index (Phi) is 67.7. The summed E-state index contributed by atoms with van der Waals surface area (Å²) in [5.41, 5.74) is 0. The summed E-state index contributed by atoms with van der Waals surface area (Å²) in [4.78, 5) is 37.5. The van der Waals surface area contributed by atoms with E-state index < -0.39 is 24.3 Å². The van der Waals surface area contributed by atoms with Crippen LogP contribution in [0.5, 0.6) is 0 Å². The third-order valence-corrected chi connectivity index (χ3v) is 15.9. The second kappa shape index (κ2) is 71.3. The summed E-state index contributed by atoms with van der Waals surface area (Å²) in [6, 6.07) is 0. The van der Waals surface area contributed by atoms with Gasteiger partial charge < -0.3 is 33.3 Å². The van der Waals surface area contributed by atoms with Gasteiger partial charge in [-0.2, -0.15) is 0 Å². The number of carboxylic acid groups (broad SMARTS) is 1. The van der Waals surface area contributed by atoms with Gasteiger partial charge in [0.25, 0.3) is 0 Å². The molecule has 520 valence electrons. The number of carbonyl (C=O) groups excluding carboxylic acids is 3. The average Bonchev–Trinajstić information content (AvgIpc) is 3.50. The van der Waals surface area contributed by atoms with E-state index in [9.17, 15) is 19.5 Å². The van der Waals surface area contributed by atoms with Crippen LogP contribution in [0, 0.1) is 0 Å². The minimum Gasteiger partial charge on any atom is -0.545 e. The van der Waals surface area contributed by atoms with E-state index in [0.29, 0.717) is 17.4 Å². The molecule has 0 spiro atoms. The molecular formula is C82H139NO8. The second-order valence-corrected chi connectivity index (χ2v) is 25.9. The molecule has 9 nitrogen and oxygen atoms in total. The predicted octanol–water partition coefficient (Wildman–Crippen LogP) is 22.4. The van der Waals surface area contributed by atoms with Gasteiger partial charge in [0.15, 0.2) is 12.4 Å². The van der Waals surface area contributed by atoms with Gasteiger partial charge in [-0.3, -0.25) is 9.59 Å². The van der Waals surface area contributed by atoms with Crippen LogP contribution in [0.2, 0.25) is 0 Å². The lowest BCUT2D eigenvalue weighted by atomic mass is 10.0. The molecule has 0 saturated carbocycles. The van der Waals surface area contributed by atoms with E-state index in [2.05, 4.69) is 148 Å². The van der Waals surface area contributed by atoms with Gasteiger partial charge in [0.1, 0.15) is 13.2 Å². The fourth-order valence-corrected chi connectivity index (χ4v) is 10.2. The molecule has 91 heavy (non-hydrogen) atoms. The number of quaternary nitrogens is 1. The molecule has 0 amide bonds. The van der Waals surface area contributed by atoms with Gasteiger partial charge >= 0.3 is 11.9 Å². The Morgan fingerprint density at radius 3 is 0.945 bits per heavy atom. The van der Waals surface area contributed by atoms with E-state index in [0.717, 1.165) is 122 Å². The zero-order valence-corrected chi connectivity index (χ0v) is 59.4. The minimum absolute atomic E-state index is 0.139. The smallest absolute Gasteiger partial charge is 0.306 e. The third kappa shape index (κ3) is 72.7. The Bertz CT molecular complexity index is 1960. The quantitative estimate of drug-likeness (QED) is 0.0195. The molecule has 0 heterocycles. The van der Waals surface area contributed by atoms with Crippen LogP contribution in [0.1, 0.15) is 309 Å². The highest BCUT2D eigenvalue weighted by Gasteiger charge is 2.22. The highest BCUT2D eigenvalue weighted by Crippen LogP contribution is 2.17. The third-order valence-electron chi connectivity index (χ3n) is 15.9. The second-order valence-electron chi connectivity index (χ2n) is 25.9. The van der Waals surface area contributed by atoms with Crippen molar-refractivity contribution in [3.63, 3.8) is 0 Å². The van der Waals surface area contributed by atoms with E-state index in [1.165, 1.54) is 154 Å². The summed E-state index contributed by atoms with van der Waals surface area (Å²) in [5.74, 6) is -2.30. The van der Waals surface area contributed by atoms with Crippen molar-refractivity contribution in [2.75, 3.05) is 47.5 Å². The zero-order chi connectivity index (χ0) is 66.1. The number of carbonyl (C=O) groups is 3. The predicted molar refractivity (Wildman–Crippen MR) is 389 cm³/mol. The molecule has 9 heteroatoms. The lowest BCUT2D eigenvalue weighted by molar-refractivity contribution is -0.870. The molecule has 0 rings (SSSR count). The van der Waals surface area contributed by atoms with Crippen LogP contribution in [-0.2, 0) is 33.3 Å². The molecule has 0 aliphatic heterocycles. The largest absolute Gasteiger partial charge is 0.545 e. The highest BCUT2D eigenvalue weighted by atomic mass is 16.7. The lowest BCUT2D eigenvalue weighted by Gasteiger charge is -2.26. The van der Waals surface area contributed by atoms with Crippen molar-refractivity contribution in [1.29, 1.82) is 0 Å². The van der Waals surface area contributed by atoms with Gasteiger partial charge in [0.05, 0.1) is 40.3 Å². The van der Waals surface area contributed by atoms with Crippen molar-refractivity contribution in [2.45, 2.75) is 322 Å². The van der Waals surface area contributed by atoms with Crippen LogP contribution in [-0.4, -0.2) is 82.3 Å². The molecular weight excluding hydrogens is 1130 g/mol. The van der Waals surface area contributed by atoms with Gasteiger partial charge in [-0.05, 0) is 116 Å².